The summed E-state index contributed by atoms with van der Waals surface area (Å²) in [6.07, 6.45) is 8.00. The molecule has 0 amide bonds. The van der Waals surface area contributed by atoms with Crippen molar-refractivity contribution in [2.75, 3.05) is 0 Å². The van der Waals surface area contributed by atoms with Gasteiger partial charge in [0.15, 0.2) is 0 Å². The van der Waals surface area contributed by atoms with Gasteiger partial charge >= 0.3 is 0 Å². The molecule has 2 nitrogen and oxygen atoms in total. The van der Waals surface area contributed by atoms with Crippen molar-refractivity contribution in [2.45, 2.75) is 84.2 Å². The largest absolute Gasteiger partial charge is 0.508 e. The van der Waals surface area contributed by atoms with Gasteiger partial charge in [0.05, 0.1) is 0 Å². The zero-order valence-electron chi connectivity index (χ0n) is 15.9. The second-order valence-electron chi connectivity index (χ2n) is 8.40. The van der Waals surface area contributed by atoms with Crippen LogP contribution in [0.2, 0.25) is 0 Å². The number of unbranched alkanes of at least 4 members (excludes halogenated alkanes) is 1. The Morgan fingerprint density at radius 3 is 2.79 bits per heavy atom. The standard InChI is InChI=1S/C22H32O2/c1-6-7-8-15(3)16-12-19(23)21-17-11-14(2)9-10-18(17)22(4,5)24-20(21)13-16/h9,12-13,15,17-18,23H,6-8,10-11H2,1-5H3/t15?,17-,18-/m1/s1. The molecule has 0 aromatic heterocycles. The Balaban J connectivity index is 2.00. The van der Waals surface area contributed by atoms with E-state index in [1.54, 1.807) is 0 Å². The van der Waals surface area contributed by atoms with Gasteiger partial charge in [-0.3, -0.25) is 0 Å². The Morgan fingerprint density at radius 1 is 1.33 bits per heavy atom. The molecule has 1 aromatic rings. The highest BCUT2D eigenvalue weighted by molar-refractivity contribution is 5.53. The van der Waals surface area contributed by atoms with E-state index in [4.69, 9.17) is 4.74 Å². The number of hydrogen-bond donors (Lipinski definition) is 1. The molecule has 0 fully saturated rings. The number of hydrogen-bond acceptors (Lipinski definition) is 2. The average Bonchev–Trinajstić information content (AvgIpc) is 2.50. The topological polar surface area (TPSA) is 29.5 Å². The quantitative estimate of drug-likeness (QED) is 0.657. The van der Waals surface area contributed by atoms with Gasteiger partial charge in [-0.2, -0.15) is 0 Å². The molecule has 1 N–H and O–H groups in total. The van der Waals surface area contributed by atoms with Gasteiger partial charge in [-0.1, -0.05) is 38.3 Å². The normalized spacial score (nSPS) is 26.0. The number of ether oxygens (including phenoxy) is 1. The van der Waals surface area contributed by atoms with E-state index >= 15 is 0 Å². The van der Waals surface area contributed by atoms with Gasteiger partial charge in [-0.25, -0.2) is 0 Å². The van der Waals surface area contributed by atoms with Gasteiger partial charge < -0.3 is 9.84 Å². The number of rotatable bonds is 4. The number of phenols is 1. The molecule has 0 radical (unpaired) electrons. The molecule has 1 unspecified atom stereocenters. The summed E-state index contributed by atoms with van der Waals surface area (Å²) in [4.78, 5) is 0. The maximum atomic E-state index is 10.8. The van der Waals surface area contributed by atoms with Crippen LogP contribution in [0.25, 0.3) is 0 Å². The van der Waals surface area contributed by atoms with Gasteiger partial charge in [0.25, 0.3) is 0 Å². The highest BCUT2D eigenvalue weighted by Gasteiger charge is 2.45. The Bertz CT molecular complexity index is 642. The third-order valence-corrected chi connectivity index (χ3v) is 6.09. The summed E-state index contributed by atoms with van der Waals surface area (Å²) in [6, 6.07) is 4.19. The summed E-state index contributed by atoms with van der Waals surface area (Å²) in [5.74, 6) is 2.61. The molecule has 1 heterocycles. The minimum atomic E-state index is -0.188. The average molecular weight is 328 g/mol. The summed E-state index contributed by atoms with van der Waals surface area (Å²) in [5.41, 5.74) is 3.49. The summed E-state index contributed by atoms with van der Waals surface area (Å²) in [7, 11) is 0. The molecule has 2 heteroatoms. The van der Waals surface area contributed by atoms with E-state index in [-0.39, 0.29) is 5.60 Å². The lowest BCUT2D eigenvalue weighted by Crippen LogP contribution is -2.45. The predicted octanol–water partition coefficient (Wildman–Crippen LogP) is 6.30. The molecule has 1 aliphatic heterocycles. The summed E-state index contributed by atoms with van der Waals surface area (Å²) < 4.78 is 6.41. The minimum absolute atomic E-state index is 0.188. The van der Waals surface area contributed by atoms with Crippen LogP contribution in [0, 0.1) is 5.92 Å². The van der Waals surface area contributed by atoms with Gasteiger partial charge in [0.1, 0.15) is 17.1 Å². The highest BCUT2D eigenvalue weighted by atomic mass is 16.5. The molecule has 0 saturated heterocycles. The van der Waals surface area contributed by atoms with Crippen LogP contribution in [0.4, 0.5) is 0 Å². The summed E-state index contributed by atoms with van der Waals surface area (Å²) in [6.45, 7) is 11.1. The number of phenolic OH excluding ortho intramolecular Hbond substituents is 1. The van der Waals surface area contributed by atoms with Crippen molar-refractivity contribution in [1.82, 2.24) is 0 Å². The van der Waals surface area contributed by atoms with Crippen LogP contribution in [0.3, 0.4) is 0 Å². The van der Waals surface area contributed by atoms with Crippen molar-refractivity contribution >= 4 is 0 Å². The molecule has 3 atom stereocenters. The van der Waals surface area contributed by atoms with Gasteiger partial charge in [-0.15, -0.1) is 0 Å². The summed E-state index contributed by atoms with van der Waals surface area (Å²) >= 11 is 0. The number of fused-ring (bicyclic) bond motifs is 3. The Hall–Kier alpha value is -1.44. The fourth-order valence-corrected chi connectivity index (χ4v) is 4.55. The molecule has 3 rings (SSSR count). The van der Waals surface area contributed by atoms with Crippen molar-refractivity contribution in [3.63, 3.8) is 0 Å². The van der Waals surface area contributed by atoms with E-state index < -0.39 is 0 Å². The first-order chi connectivity index (χ1) is 11.3. The maximum Gasteiger partial charge on any atom is 0.127 e. The minimum Gasteiger partial charge on any atom is -0.508 e. The molecular formula is C22H32O2. The monoisotopic (exact) mass is 328 g/mol. The van der Waals surface area contributed by atoms with Gasteiger partial charge in [0.2, 0.25) is 0 Å². The predicted molar refractivity (Wildman–Crippen MR) is 100.0 cm³/mol. The van der Waals surface area contributed by atoms with Crippen LogP contribution in [-0.2, 0) is 0 Å². The van der Waals surface area contributed by atoms with Crippen LogP contribution in [-0.4, -0.2) is 10.7 Å². The van der Waals surface area contributed by atoms with E-state index in [0.717, 1.165) is 30.6 Å². The third kappa shape index (κ3) is 3.08. The zero-order chi connectivity index (χ0) is 17.5. The molecule has 1 aromatic carbocycles. The summed E-state index contributed by atoms with van der Waals surface area (Å²) in [5, 5.41) is 10.8. The molecule has 0 saturated carbocycles. The van der Waals surface area contributed by atoms with Gasteiger partial charge in [-0.05, 0) is 63.6 Å². The Labute approximate surface area is 146 Å². The van der Waals surface area contributed by atoms with Crippen molar-refractivity contribution in [1.29, 1.82) is 0 Å². The first kappa shape index (κ1) is 17.4. The van der Waals surface area contributed by atoms with Crippen molar-refractivity contribution in [3.8, 4) is 11.5 Å². The van der Waals surface area contributed by atoms with Crippen LogP contribution >= 0.6 is 0 Å². The molecule has 24 heavy (non-hydrogen) atoms. The zero-order valence-corrected chi connectivity index (χ0v) is 15.9. The smallest absolute Gasteiger partial charge is 0.127 e. The SMILES string of the molecule is CCCCC(C)c1cc(O)c2c(c1)OC(C)(C)[C@@H]1CC=C(C)C[C@@H]21. The van der Waals surface area contributed by atoms with Crippen LogP contribution < -0.4 is 4.74 Å². The molecule has 2 aliphatic rings. The number of benzene rings is 1. The van der Waals surface area contributed by atoms with Gasteiger partial charge in [0, 0.05) is 17.4 Å². The molecule has 0 spiro atoms. The van der Waals surface area contributed by atoms with Crippen LogP contribution in [0.5, 0.6) is 11.5 Å². The fourth-order valence-electron chi connectivity index (χ4n) is 4.55. The molecule has 132 valence electrons. The second kappa shape index (κ2) is 6.46. The third-order valence-electron chi connectivity index (χ3n) is 6.09. The first-order valence-corrected chi connectivity index (χ1v) is 9.55. The van der Waals surface area contributed by atoms with E-state index in [2.05, 4.69) is 46.8 Å². The Morgan fingerprint density at radius 2 is 2.08 bits per heavy atom. The van der Waals surface area contributed by atoms with Crippen molar-refractivity contribution < 1.29 is 9.84 Å². The van der Waals surface area contributed by atoms with E-state index in [0.29, 0.717) is 23.5 Å². The van der Waals surface area contributed by atoms with E-state index in [9.17, 15) is 5.11 Å². The fraction of sp³-hybridized carbons (Fsp3) is 0.636. The lowest BCUT2D eigenvalue weighted by Gasteiger charge is -2.47. The molecule has 1 aliphatic carbocycles. The molecular weight excluding hydrogens is 296 g/mol. The second-order valence-corrected chi connectivity index (χ2v) is 8.40. The van der Waals surface area contributed by atoms with Crippen molar-refractivity contribution in [2.24, 2.45) is 5.92 Å². The molecule has 0 bridgehead atoms. The first-order valence-electron chi connectivity index (χ1n) is 9.55. The van der Waals surface area contributed by atoms with E-state index in [1.165, 1.54) is 24.0 Å². The Kier molecular flexibility index (Phi) is 4.68. The highest BCUT2D eigenvalue weighted by Crippen LogP contribution is 2.54. The van der Waals surface area contributed by atoms with Crippen LogP contribution in [0.15, 0.2) is 23.8 Å². The van der Waals surface area contributed by atoms with E-state index in [1.807, 2.05) is 6.07 Å². The maximum absolute atomic E-state index is 10.8. The lowest BCUT2D eigenvalue weighted by molar-refractivity contribution is 0.00749. The number of allylic oxidation sites excluding steroid dienone is 2. The number of aromatic hydroxyl groups is 1. The lowest BCUT2D eigenvalue weighted by atomic mass is 9.67. The van der Waals surface area contributed by atoms with Crippen molar-refractivity contribution in [3.05, 3.63) is 34.9 Å². The van der Waals surface area contributed by atoms with Crippen LogP contribution in [0.1, 0.15) is 89.7 Å².